The molecular formula is C16H21BrO4. The zero-order valence-electron chi connectivity index (χ0n) is 12.7. The van der Waals surface area contributed by atoms with E-state index in [0.717, 1.165) is 28.4 Å². The van der Waals surface area contributed by atoms with Crippen molar-refractivity contribution in [2.45, 2.75) is 44.4 Å². The molecule has 1 saturated carbocycles. The predicted octanol–water partition coefficient (Wildman–Crippen LogP) is 3.93. The smallest absolute Gasteiger partial charge is 0.314 e. The van der Waals surface area contributed by atoms with Gasteiger partial charge < -0.3 is 14.6 Å². The SMILES string of the molecule is CCc1c(C2(C(=O)O)CCCC2)cc(Br)c(OC)c1OC. The highest BCUT2D eigenvalue weighted by atomic mass is 79.9. The van der Waals surface area contributed by atoms with Crippen molar-refractivity contribution in [2.24, 2.45) is 0 Å². The van der Waals surface area contributed by atoms with E-state index in [1.165, 1.54) is 0 Å². The summed E-state index contributed by atoms with van der Waals surface area (Å²) in [6.45, 7) is 2.01. The molecule has 0 bridgehead atoms. The van der Waals surface area contributed by atoms with Crippen LogP contribution in [0.25, 0.3) is 0 Å². The van der Waals surface area contributed by atoms with Crippen LogP contribution in [0.5, 0.6) is 11.5 Å². The van der Waals surface area contributed by atoms with E-state index in [9.17, 15) is 9.90 Å². The third-order valence-corrected chi connectivity index (χ3v) is 5.03. The minimum atomic E-state index is -0.798. The molecule has 1 aliphatic carbocycles. The van der Waals surface area contributed by atoms with Crippen molar-refractivity contribution in [3.8, 4) is 11.5 Å². The Morgan fingerprint density at radius 2 is 1.86 bits per heavy atom. The van der Waals surface area contributed by atoms with Gasteiger partial charge in [-0.1, -0.05) is 19.8 Å². The first kappa shape index (κ1) is 16.1. The van der Waals surface area contributed by atoms with E-state index < -0.39 is 11.4 Å². The summed E-state index contributed by atoms with van der Waals surface area (Å²) in [5, 5.41) is 9.83. The minimum Gasteiger partial charge on any atom is -0.493 e. The van der Waals surface area contributed by atoms with E-state index >= 15 is 0 Å². The normalized spacial score (nSPS) is 16.8. The molecule has 0 amide bonds. The van der Waals surface area contributed by atoms with Crippen LogP contribution in [0.15, 0.2) is 10.5 Å². The number of carboxylic acids is 1. The summed E-state index contributed by atoms with van der Waals surface area (Å²) >= 11 is 3.48. The molecule has 5 heteroatoms. The van der Waals surface area contributed by atoms with Gasteiger partial charge in [0.15, 0.2) is 11.5 Å². The number of benzene rings is 1. The Morgan fingerprint density at radius 1 is 1.29 bits per heavy atom. The van der Waals surface area contributed by atoms with Gasteiger partial charge in [0.1, 0.15) is 0 Å². The highest BCUT2D eigenvalue weighted by molar-refractivity contribution is 9.10. The number of aliphatic carboxylic acids is 1. The second kappa shape index (κ2) is 6.26. The molecule has 0 aromatic heterocycles. The van der Waals surface area contributed by atoms with Crippen LogP contribution in [0.2, 0.25) is 0 Å². The minimum absolute atomic E-state index is 0.622. The maximum Gasteiger partial charge on any atom is 0.314 e. The standard InChI is InChI=1S/C16H21BrO4/c1-4-10-11(16(15(18)19)7-5-6-8-16)9-12(17)14(21-3)13(10)20-2/h9H,4-8H2,1-3H3,(H,18,19). The lowest BCUT2D eigenvalue weighted by Gasteiger charge is -2.29. The number of halogens is 1. The van der Waals surface area contributed by atoms with Gasteiger partial charge in [0.25, 0.3) is 0 Å². The Morgan fingerprint density at radius 3 is 2.29 bits per heavy atom. The van der Waals surface area contributed by atoms with Gasteiger partial charge in [-0.05, 0) is 46.8 Å². The largest absolute Gasteiger partial charge is 0.493 e. The molecule has 116 valence electrons. The lowest BCUT2D eigenvalue weighted by Crippen LogP contribution is -2.34. The summed E-state index contributed by atoms with van der Waals surface area (Å²) in [5.41, 5.74) is 0.995. The van der Waals surface area contributed by atoms with E-state index in [0.29, 0.717) is 30.8 Å². The van der Waals surface area contributed by atoms with E-state index in [1.54, 1.807) is 14.2 Å². The van der Waals surface area contributed by atoms with E-state index in [4.69, 9.17) is 9.47 Å². The van der Waals surface area contributed by atoms with Crippen LogP contribution in [-0.2, 0) is 16.6 Å². The van der Waals surface area contributed by atoms with E-state index in [1.807, 2.05) is 13.0 Å². The Labute approximate surface area is 133 Å². The second-order valence-electron chi connectivity index (χ2n) is 5.40. The number of ether oxygens (including phenoxy) is 2. The maximum atomic E-state index is 12.0. The Kier molecular flexibility index (Phi) is 4.81. The predicted molar refractivity (Wildman–Crippen MR) is 84.4 cm³/mol. The lowest BCUT2D eigenvalue weighted by molar-refractivity contribution is -0.143. The van der Waals surface area contributed by atoms with Crippen LogP contribution in [0, 0.1) is 0 Å². The summed E-state index contributed by atoms with van der Waals surface area (Å²) in [4.78, 5) is 12.0. The zero-order valence-corrected chi connectivity index (χ0v) is 14.2. The van der Waals surface area contributed by atoms with Crippen LogP contribution < -0.4 is 9.47 Å². The monoisotopic (exact) mass is 356 g/mol. The number of hydrogen-bond donors (Lipinski definition) is 1. The second-order valence-corrected chi connectivity index (χ2v) is 6.25. The molecule has 0 heterocycles. The lowest BCUT2D eigenvalue weighted by atomic mass is 9.76. The first-order chi connectivity index (χ1) is 10.0. The van der Waals surface area contributed by atoms with Crippen molar-refractivity contribution in [1.82, 2.24) is 0 Å². The van der Waals surface area contributed by atoms with Gasteiger partial charge in [-0.3, -0.25) is 4.79 Å². The van der Waals surface area contributed by atoms with Crippen molar-refractivity contribution in [3.63, 3.8) is 0 Å². The molecular weight excluding hydrogens is 336 g/mol. The molecule has 0 atom stereocenters. The fraction of sp³-hybridized carbons (Fsp3) is 0.562. The molecule has 0 unspecified atom stereocenters. The van der Waals surface area contributed by atoms with Crippen LogP contribution in [0.4, 0.5) is 0 Å². The molecule has 0 aliphatic heterocycles. The summed E-state index contributed by atoms with van der Waals surface area (Å²) in [5.74, 6) is 0.516. The molecule has 1 N–H and O–H groups in total. The quantitative estimate of drug-likeness (QED) is 0.868. The average molecular weight is 357 g/mol. The molecule has 0 saturated heterocycles. The number of hydrogen-bond acceptors (Lipinski definition) is 3. The van der Waals surface area contributed by atoms with Gasteiger partial charge in [0, 0.05) is 5.56 Å². The summed E-state index contributed by atoms with van der Waals surface area (Å²) in [6, 6.07) is 1.90. The molecule has 4 nitrogen and oxygen atoms in total. The zero-order chi connectivity index (χ0) is 15.6. The van der Waals surface area contributed by atoms with Crippen molar-refractivity contribution in [1.29, 1.82) is 0 Å². The number of carbonyl (C=O) groups is 1. The maximum absolute atomic E-state index is 12.0. The van der Waals surface area contributed by atoms with Gasteiger partial charge >= 0.3 is 5.97 Å². The number of methoxy groups -OCH3 is 2. The Balaban J connectivity index is 2.74. The fourth-order valence-corrected chi connectivity index (χ4v) is 3.98. The Hall–Kier alpha value is -1.23. The van der Waals surface area contributed by atoms with E-state index in [2.05, 4.69) is 15.9 Å². The van der Waals surface area contributed by atoms with Gasteiger partial charge in [-0.2, -0.15) is 0 Å². The van der Waals surface area contributed by atoms with Crippen LogP contribution in [0.1, 0.15) is 43.7 Å². The van der Waals surface area contributed by atoms with Gasteiger partial charge in [-0.25, -0.2) is 0 Å². The van der Waals surface area contributed by atoms with Crippen molar-refractivity contribution < 1.29 is 19.4 Å². The molecule has 0 spiro atoms. The highest BCUT2D eigenvalue weighted by Crippen LogP contribution is 2.49. The summed E-state index contributed by atoms with van der Waals surface area (Å²) in [7, 11) is 3.18. The molecule has 2 rings (SSSR count). The third kappa shape index (κ3) is 2.52. The van der Waals surface area contributed by atoms with E-state index in [-0.39, 0.29) is 0 Å². The number of carboxylic acid groups (broad SMARTS) is 1. The summed E-state index contributed by atoms with van der Waals surface area (Å²) in [6.07, 6.45) is 3.95. The first-order valence-corrected chi connectivity index (χ1v) is 7.98. The number of rotatable bonds is 5. The fourth-order valence-electron chi connectivity index (χ4n) is 3.41. The molecule has 0 radical (unpaired) electrons. The van der Waals surface area contributed by atoms with Crippen LogP contribution in [0.3, 0.4) is 0 Å². The van der Waals surface area contributed by atoms with Crippen molar-refractivity contribution in [2.75, 3.05) is 14.2 Å². The first-order valence-electron chi connectivity index (χ1n) is 7.19. The van der Waals surface area contributed by atoms with Gasteiger partial charge in [0.05, 0.1) is 24.1 Å². The topological polar surface area (TPSA) is 55.8 Å². The van der Waals surface area contributed by atoms with Crippen molar-refractivity contribution in [3.05, 3.63) is 21.7 Å². The molecule has 1 aliphatic rings. The van der Waals surface area contributed by atoms with Gasteiger partial charge in [0.2, 0.25) is 0 Å². The van der Waals surface area contributed by atoms with Crippen molar-refractivity contribution >= 4 is 21.9 Å². The van der Waals surface area contributed by atoms with Crippen LogP contribution in [-0.4, -0.2) is 25.3 Å². The molecule has 1 aromatic carbocycles. The van der Waals surface area contributed by atoms with Gasteiger partial charge in [-0.15, -0.1) is 0 Å². The van der Waals surface area contributed by atoms with Crippen LogP contribution >= 0.6 is 15.9 Å². The average Bonchev–Trinajstić information content (AvgIpc) is 2.96. The highest BCUT2D eigenvalue weighted by Gasteiger charge is 2.45. The molecule has 1 fully saturated rings. The summed E-state index contributed by atoms with van der Waals surface area (Å²) < 4.78 is 11.7. The Bertz CT molecular complexity index is 548. The molecule has 21 heavy (non-hydrogen) atoms. The third-order valence-electron chi connectivity index (χ3n) is 4.44. The molecule has 1 aromatic rings.